The van der Waals surface area contributed by atoms with Crippen molar-refractivity contribution in [2.75, 3.05) is 20.1 Å². The molecule has 3 aromatic rings. The number of aliphatic carboxylic acids is 1. The van der Waals surface area contributed by atoms with Gasteiger partial charge in [0.2, 0.25) is 0 Å². The highest BCUT2D eigenvalue weighted by Gasteiger charge is 2.36. The van der Waals surface area contributed by atoms with Gasteiger partial charge in [-0.1, -0.05) is 71.2 Å². The quantitative estimate of drug-likeness (QED) is 0.394. The molecule has 3 nitrogen and oxygen atoms in total. The molecule has 1 N–H and O–H groups in total. The predicted octanol–water partition coefficient (Wildman–Crippen LogP) is 6.39. The summed E-state index contributed by atoms with van der Waals surface area (Å²) in [5, 5.41) is 11.1. The maximum Gasteiger partial charge on any atom is 0.317 e. The van der Waals surface area contributed by atoms with Crippen LogP contribution < -0.4 is 0 Å². The molecule has 0 spiro atoms. The minimum atomic E-state index is -0.854. The van der Waals surface area contributed by atoms with Crippen LogP contribution in [0.3, 0.4) is 0 Å². The van der Waals surface area contributed by atoms with Crippen molar-refractivity contribution < 1.29 is 9.90 Å². The number of carbonyl (C=O) groups is 1. The van der Waals surface area contributed by atoms with Gasteiger partial charge in [-0.15, -0.1) is 0 Å². The number of hydrogen-bond donors (Lipinski definition) is 1. The normalized spacial score (nSPS) is 11.6. The second kappa shape index (κ2) is 9.84. The van der Waals surface area contributed by atoms with Gasteiger partial charge < -0.3 is 5.11 Å². The Hall–Kier alpha value is -2.04. The fourth-order valence-corrected chi connectivity index (χ4v) is 4.18. The first-order valence-electron chi connectivity index (χ1n) is 9.50. The van der Waals surface area contributed by atoms with Gasteiger partial charge in [0.1, 0.15) is 0 Å². The SMILES string of the molecule is CN(CCC(c1ccc(Cl)cc1)(c1ccc(Cl)cc1)c1ccc(Cl)cc1)CC(=O)O. The highest BCUT2D eigenvalue weighted by molar-refractivity contribution is 6.31. The second-order valence-corrected chi connectivity index (χ2v) is 8.62. The molecular formula is C24H22Cl3NO2. The van der Waals surface area contributed by atoms with Gasteiger partial charge in [-0.3, -0.25) is 9.69 Å². The molecule has 6 heteroatoms. The van der Waals surface area contributed by atoms with E-state index in [9.17, 15) is 9.90 Å². The van der Waals surface area contributed by atoms with E-state index < -0.39 is 11.4 Å². The lowest BCUT2D eigenvalue weighted by atomic mass is 9.67. The Morgan fingerprint density at radius 1 is 0.767 bits per heavy atom. The van der Waals surface area contributed by atoms with Gasteiger partial charge in [-0.05, 0) is 73.1 Å². The summed E-state index contributed by atoms with van der Waals surface area (Å²) in [6, 6.07) is 23.3. The van der Waals surface area contributed by atoms with Crippen molar-refractivity contribution in [1.29, 1.82) is 0 Å². The fraction of sp³-hybridized carbons (Fsp3) is 0.208. The number of nitrogens with zero attached hydrogens (tertiary/aromatic N) is 1. The first-order valence-corrected chi connectivity index (χ1v) is 10.6. The van der Waals surface area contributed by atoms with Gasteiger partial charge in [0.05, 0.1) is 6.54 Å². The van der Waals surface area contributed by atoms with Crippen LogP contribution in [-0.4, -0.2) is 36.1 Å². The van der Waals surface area contributed by atoms with Crippen molar-refractivity contribution >= 4 is 40.8 Å². The van der Waals surface area contributed by atoms with Gasteiger partial charge in [0.15, 0.2) is 0 Å². The van der Waals surface area contributed by atoms with Crippen molar-refractivity contribution in [2.24, 2.45) is 0 Å². The van der Waals surface area contributed by atoms with Crippen LogP contribution in [0.1, 0.15) is 23.1 Å². The monoisotopic (exact) mass is 461 g/mol. The Bertz CT molecular complexity index is 876. The molecule has 0 aliphatic rings. The molecule has 3 rings (SSSR count). The fourth-order valence-electron chi connectivity index (χ4n) is 3.80. The smallest absolute Gasteiger partial charge is 0.317 e. The van der Waals surface area contributed by atoms with Crippen LogP contribution in [0.4, 0.5) is 0 Å². The molecular weight excluding hydrogens is 441 g/mol. The topological polar surface area (TPSA) is 40.5 Å². The Balaban J connectivity index is 2.18. The lowest BCUT2D eigenvalue weighted by molar-refractivity contribution is -0.138. The summed E-state index contributed by atoms with van der Waals surface area (Å²) >= 11 is 18.5. The van der Waals surface area contributed by atoms with Crippen molar-refractivity contribution in [2.45, 2.75) is 11.8 Å². The van der Waals surface area contributed by atoms with Crippen molar-refractivity contribution in [3.05, 3.63) is 105 Å². The van der Waals surface area contributed by atoms with Gasteiger partial charge in [0.25, 0.3) is 0 Å². The molecule has 3 aromatic carbocycles. The van der Waals surface area contributed by atoms with Crippen LogP contribution in [0.5, 0.6) is 0 Å². The largest absolute Gasteiger partial charge is 0.480 e. The molecule has 0 unspecified atom stereocenters. The number of likely N-dealkylation sites (N-methyl/N-ethyl adjacent to an activating group) is 1. The molecule has 0 saturated heterocycles. The van der Waals surface area contributed by atoms with E-state index in [0.717, 1.165) is 16.7 Å². The number of halogens is 3. The summed E-state index contributed by atoms with van der Waals surface area (Å²) < 4.78 is 0. The van der Waals surface area contributed by atoms with Crippen LogP contribution in [0, 0.1) is 0 Å². The molecule has 0 radical (unpaired) electrons. The van der Waals surface area contributed by atoms with Crippen LogP contribution >= 0.6 is 34.8 Å². The van der Waals surface area contributed by atoms with Crippen LogP contribution in [0.2, 0.25) is 15.1 Å². The molecule has 0 aromatic heterocycles. The molecule has 0 bridgehead atoms. The Morgan fingerprint density at radius 3 is 1.40 bits per heavy atom. The standard InChI is InChI=1S/C24H22Cl3NO2/c1-28(16-23(29)30)15-14-24(17-2-8-20(25)9-3-17,18-4-10-21(26)11-5-18)19-6-12-22(27)13-7-19/h2-13H,14-16H2,1H3,(H,29,30). The molecule has 0 aliphatic heterocycles. The van der Waals surface area contributed by atoms with Crippen LogP contribution in [0.25, 0.3) is 0 Å². The highest BCUT2D eigenvalue weighted by Crippen LogP contribution is 2.43. The number of carboxylic acids is 1. The molecule has 0 atom stereocenters. The zero-order chi connectivity index (χ0) is 21.7. The van der Waals surface area contributed by atoms with Gasteiger partial charge in [-0.2, -0.15) is 0 Å². The zero-order valence-electron chi connectivity index (χ0n) is 16.5. The lowest BCUT2D eigenvalue weighted by Crippen LogP contribution is -2.36. The summed E-state index contributed by atoms with van der Waals surface area (Å²) in [6.45, 7) is 0.540. The summed E-state index contributed by atoms with van der Waals surface area (Å²) in [6.07, 6.45) is 0.654. The van der Waals surface area contributed by atoms with E-state index >= 15 is 0 Å². The van der Waals surface area contributed by atoms with E-state index in [2.05, 4.69) is 0 Å². The Labute approximate surface area is 191 Å². The third-order valence-electron chi connectivity index (χ3n) is 5.28. The average Bonchev–Trinajstić information content (AvgIpc) is 2.71. The summed E-state index contributed by atoms with van der Waals surface area (Å²) in [5.74, 6) is -0.854. The molecule has 0 amide bonds. The number of rotatable bonds is 8. The number of carboxylic acid groups (broad SMARTS) is 1. The second-order valence-electron chi connectivity index (χ2n) is 7.31. The average molecular weight is 463 g/mol. The zero-order valence-corrected chi connectivity index (χ0v) is 18.8. The van der Waals surface area contributed by atoms with Gasteiger partial charge in [-0.25, -0.2) is 0 Å². The van der Waals surface area contributed by atoms with Gasteiger partial charge >= 0.3 is 5.97 Å². The van der Waals surface area contributed by atoms with E-state index in [1.165, 1.54) is 0 Å². The minimum Gasteiger partial charge on any atom is -0.480 e. The predicted molar refractivity (Wildman–Crippen MR) is 124 cm³/mol. The first kappa shape index (κ1) is 22.6. The third-order valence-corrected chi connectivity index (χ3v) is 6.04. The Morgan fingerprint density at radius 2 is 1.10 bits per heavy atom. The highest BCUT2D eigenvalue weighted by atomic mass is 35.5. The molecule has 0 saturated carbocycles. The van der Waals surface area contributed by atoms with E-state index in [4.69, 9.17) is 34.8 Å². The van der Waals surface area contributed by atoms with Crippen molar-refractivity contribution in [3.8, 4) is 0 Å². The number of hydrogen-bond acceptors (Lipinski definition) is 2. The van der Waals surface area contributed by atoms with E-state index in [-0.39, 0.29) is 6.54 Å². The summed E-state index contributed by atoms with van der Waals surface area (Å²) in [5.41, 5.74) is 2.63. The van der Waals surface area contributed by atoms with E-state index in [1.54, 1.807) is 4.90 Å². The Kier molecular flexibility index (Phi) is 7.43. The van der Waals surface area contributed by atoms with Crippen molar-refractivity contribution in [1.82, 2.24) is 4.90 Å². The van der Waals surface area contributed by atoms with Crippen LogP contribution in [0.15, 0.2) is 72.8 Å². The number of benzene rings is 3. The van der Waals surface area contributed by atoms with Crippen LogP contribution in [-0.2, 0) is 10.2 Å². The van der Waals surface area contributed by atoms with E-state index in [1.807, 2.05) is 79.8 Å². The van der Waals surface area contributed by atoms with Crippen molar-refractivity contribution in [3.63, 3.8) is 0 Å². The summed E-state index contributed by atoms with van der Waals surface area (Å²) in [7, 11) is 1.81. The molecule has 0 fully saturated rings. The minimum absolute atomic E-state index is 0.0298. The lowest BCUT2D eigenvalue weighted by Gasteiger charge is -2.37. The summed E-state index contributed by atoms with van der Waals surface area (Å²) in [4.78, 5) is 13.0. The first-order chi connectivity index (χ1) is 14.3. The molecule has 30 heavy (non-hydrogen) atoms. The molecule has 156 valence electrons. The van der Waals surface area contributed by atoms with E-state index in [0.29, 0.717) is 28.0 Å². The third kappa shape index (κ3) is 5.16. The maximum atomic E-state index is 11.2. The molecule has 0 heterocycles. The molecule has 0 aliphatic carbocycles. The van der Waals surface area contributed by atoms with Gasteiger partial charge in [0, 0.05) is 20.5 Å². The maximum absolute atomic E-state index is 11.2.